The quantitative estimate of drug-likeness (QED) is 0.437. The maximum Gasteiger partial charge on any atom is 0.255 e. The van der Waals surface area contributed by atoms with E-state index in [-0.39, 0.29) is 11.9 Å². The number of rotatable bonds is 7. The van der Waals surface area contributed by atoms with Crippen molar-refractivity contribution in [1.29, 1.82) is 0 Å². The fourth-order valence-electron chi connectivity index (χ4n) is 4.63. The molecule has 7 heteroatoms. The van der Waals surface area contributed by atoms with Gasteiger partial charge in [-0.1, -0.05) is 66.8 Å². The highest BCUT2D eigenvalue weighted by Crippen LogP contribution is 2.28. The van der Waals surface area contributed by atoms with E-state index in [0.717, 1.165) is 43.4 Å². The first-order valence-electron chi connectivity index (χ1n) is 12.7. The fraction of sp³-hybridized carbons (Fsp3) is 0.267. The number of likely N-dealkylation sites (tertiary alicyclic amines) is 1. The van der Waals surface area contributed by atoms with Crippen LogP contribution < -0.4 is 5.73 Å². The number of nitrogens with zero attached hydrogens (tertiary/aromatic N) is 5. The van der Waals surface area contributed by atoms with E-state index >= 15 is 0 Å². The van der Waals surface area contributed by atoms with Crippen molar-refractivity contribution >= 4 is 11.5 Å². The van der Waals surface area contributed by atoms with Crippen molar-refractivity contribution in [2.45, 2.75) is 38.1 Å². The molecule has 2 N–H and O–H groups in total. The van der Waals surface area contributed by atoms with Crippen LogP contribution in [-0.4, -0.2) is 43.6 Å². The molecule has 1 saturated heterocycles. The lowest BCUT2D eigenvalue weighted by molar-refractivity contribution is -0.128. The van der Waals surface area contributed by atoms with E-state index in [0.29, 0.717) is 18.7 Å². The molecule has 1 amide bonds. The van der Waals surface area contributed by atoms with Crippen LogP contribution in [0.5, 0.6) is 0 Å². The average molecular weight is 495 g/mol. The maximum absolute atomic E-state index is 13.1. The van der Waals surface area contributed by atoms with Gasteiger partial charge in [-0.3, -0.25) is 4.79 Å². The molecule has 1 fully saturated rings. The second kappa shape index (κ2) is 13.2. The predicted octanol–water partition coefficient (Wildman–Crippen LogP) is 4.89. The normalized spacial score (nSPS) is 18.1. The van der Waals surface area contributed by atoms with Crippen LogP contribution in [0.25, 0.3) is 5.57 Å². The van der Waals surface area contributed by atoms with Gasteiger partial charge in [0.15, 0.2) is 0 Å². The highest BCUT2D eigenvalue weighted by Gasteiger charge is 2.26. The van der Waals surface area contributed by atoms with Crippen molar-refractivity contribution in [2.75, 3.05) is 13.1 Å². The van der Waals surface area contributed by atoms with Gasteiger partial charge in [-0.15, -0.1) is 0 Å². The van der Waals surface area contributed by atoms with Gasteiger partial charge in [0.1, 0.15) is 12.7 Å². The predicted molar refractivity (Wildman–Crippen MR) is 147 cm³/mol. The summed E-state index contributed by atoms with van der Waals surface area (Å²) in [5.74, 6) is -0.0942. The number of carbonyl (C=O) groups is 1. The third-order valence-corrected chi connectivity index (χ3v) is 6.59. The molecule has 4 rings (SSSR count). The van der Waals surface area contributed by atoms with E-state index in [1.807, 2.05) is 21.7 Å². The molecule has 1 aliphatic carbocycles. The maximum atomic E-state index is 13.1. The topological polar surface area (TPSA) is 89.9 Å². The summed E-state index contributed by atoms with van der Waals surface area (Å²) in [6.45, 7) is 4.87. The standard InChI is InChI=1S/C30H34N6O/c1-2-3-10-27(20-31)30(37)35-18-7-11-28(21-35)36-23-33-22-32-17-16-29(34-36)26-14-12-25(13-15-26)19-24-8-5-4-6-9-24/h2-6,8-10,12,14,16-17,20,22-23,28H,1,7,11,13,15,18-19,21,31H2/b10-3-,17-16?,27-20+,32-22?,33-23?,34-29?/t28-/m1/s1. The lowest BCUT2D eigenvalue weighted by Crippen LogP contribution is -2.41. The van der Waals surface area contributed by atoms with Crippen LogP contribution >= 0.6 is 0 Å². The van der Waals surface area contributed by atoms with Crippen LogP contribution in [0.15, 0.2) is 110 Å². The summed E-state index contributed by atoms with van der Waals surface area (Å²) in [7, 11) is 0. The van der Waals surface area contributed by atoms with Crippen molar-refractivity contribution in [3.05, 3.63) is 121 Å². The SMILES string of the molecule is C=C/C=C\C(=C/N)C(=O)N1CCC[C@@H](n2cncnccc(C3=CC=C(Cc4ccccc4)CC3)n2)C1. The van der Waals surface area contributed by atoms with E-state index < -0.39 is 0 Å². The minimum Gasteiger partial charge on any atom is -0.404 e. The third kappa shape index (κ3) is 7.13. The van der Waals surface area contributed by atoms with E-state index in [2.05, 4.69) is 53.0 Å². The van der Waals surface area contributed by atoms with Gasteiger partial charge in [0.05, 0.1) is 17.3 Å². The molecule has 7 nitrogen and oxygen atoms in total. The van der Waals surface area contributed by atoms with Gasteiger partial charge in [-0.2, -0.15) is 5.10 Å². The van der Waals surface area contributed by atoms with Gasteiger partial charge in [-0.25, -0.2) is 14.6 Å². The summed E-state index contributed by atoms with van der Waals surface area (Å²) in [6, 6.07) is 12.5. The third-order valence-electron chi connectivity index (χ3n) is 6.59. The van der Waals surface area contributed by atoms with Crippen LogP contribution in [0, 0.1) is 0 Å². The molecule has 0 spiro atoms. The van der Waals surface area contributed by atoms with E-state index in [1.165, 1.54) is 23.7 Å². The first kappa shape index (κ1) is 25.8. The molecule has 2 aliphatic rings. The zero-order valence-electron chi connectivity index (χ0n) is 21.1. The zero-order chi connectivity index (χ0) is 25.9. The van der Waals surface area contributed by atoms with Crippen molar-refractivity contribution in [3.8, 4) is 0 Å². The lowest BCUT2D eigenvalue weighted by Gasteiger charge is -2.33. The second-order valence-corrected chi connectivity index (χ2v) is 9.15. The monoisotopic (exact) mass is 494 g/mol. The Labute approximate surface area is 218 Å². The number of allylic oxidation sites excluding steroid dienone is 6. The van der Waals surface area contributed by atoms with Crippen LogP contribution in [0.4, 0.5) is 0 Å². The highest BCUT2D eigenvalue weighted by atomic mass is 16.2. The van der Waals surface area contributed by atoms with Gasteiger partial charge in [-0.05, 0) is 55.4 Å². The number of benzene rings is 1. The molecule has 190 valence electrons. The molecular weight excluding hydrogens is 460 g/mol. The van der Waals surface area contributed by atoms with E-state index in [4.69, 9.17) is 10.8 Å². The summed E-state index contributed by atoms with van der Waals surface area (Å²) in [5, 5.41) is 4.99. The summed E-state index contributed by atoms with van der Waals surface area (Å²) >= 11 is 0. The number of nitrogens with two attached hydrogens (primary N) is 1. The van der Waals surface area contributed by atoms with Gasteiger partial charge >= 0.3 is 0 Å². The van der Waals surface area contributed by atoms with Crippen molar-refractivity contribution in [1.82, 2.24) is 24.6 Å². The van der Waals surface area contributed by atoms with E-state index in [9.17, 15) is 4.79 Å². The summed E-state index contributed by atoms with van der Waals surface area (Å²) in [5.41, 5.74) is 10.9. The number of aromatic nitrogens is 4. The van der Waals surface area contributed by atoms with Crippen LogP contribution in [-0.2, 0) is 11.2 Å². The van der Waals surface area contributed by atoms with Gasteiger partial charge in [0.2, 0.25) is 0 Å². The summed E-state index contributed by atoms with van der Waals surface area (Å²) in [6.07, 6.45) is 20.3. The molecule has 1 aliphatic heterocycles. The molecule has 2 aromatic rings. The fourth-order valence-corrected chi connectivity index (χ4v) is 4.63. The number of piperidine rings is 1. The first-order chi connectivity index (χ1) is 18.2. The summed E-state index contributed by atoms with van der Waals surface area (Å²) in [4.78, 5) is 23.4. The molecule has 37 heavy (non-hydrogen) atoms. The molecule has 0 radical (unpaired) electrons. The number of amides is 1. The molecule has 1 aromatic heterocycles. The number of carbonyl (C=O) groups excluding carboxylic acids is 1. The van der Waals surface area contributed by atoms with Gasteiger partial charge in [0, 0.05) is 25.5 Å². The Morgan fingerprint density at radius 2 is 2.00 bits per heavy atom. The van der Waals surface area contributed by atoms with Crippen molar-refractivity contribution < 1.29 is 4.79 Å². The molecule has 2 heterocycles. The Morgan fingerprint density at radius 3 is 2.76 bits per heavy atom. The Balaban J connectivity index is 1.57. The van der Waals surface area contributed by atoms with Gasteiger partial charge in [0.25, 0.3) is 5.91 Å². The minimum atomic E-state index is -0.0942. The smallest absolute Gasteiger partial charge is 0.255 e. The average Bonchev–Trinajstić information content (AvgIpc) is 3.07. The van der Waals surface area contributed by atoms with Crippen molar-refractivity contribution in [3.63, 3.8) is 0 Å². The second-order valence-electron chi connectivity index (χ2n) is 9.15. The van der Waals surface area contributed by atoms with Crippen LogP contribution in [0.2, 0.25) is 0 Å². The Kier molecular flexibility index (Phi) is 9.18. The Hall–Kier alpha value is -4.26. The first-order valence-corrected chi connectivity index (χ1v) is 12.7. The van der Waals surface area contributed by atoms with E-state index in [1.54, 1.807) is 30.8 Å². The molecular formula is C30H34N6O. The largest absolute Gasteiger partial charge is 0.404 e. The van der Waals surface area contributed by atoms with Gasteiger partial charge < -0.3 is 10.6 Å². The molecule has 1 atom stereocenters. The Morgan fingerprint density at radius 1 is 1.14 bits per heavy atom. The number of hydrogen-bond donors (Lipinski definition) is 1. The Bertz CT molecular complexity index is 1270. The van der Waals surface area contributed by atoms with Crippen LogP contribution in [0.3, 0.4) is 0 Å². The lowest BCUT2D eigenvalue weighted by atomic mass is 9.92. The molecule has 0 unspecified atom stereocenters. The highest BCUT2D eigenvalue weighted by molar-refractivity contribution is 5.96. The van der Waals surface area contributed by atoms with Crippen LogP contribution in [0.1, 0.15) is 43.0 Å². The number of hydrogen-bond acceptors (Lipinski definition) is 5. The van der Waals surface area contributed by atoms with Crippen molar-refractivity contribution in [2.24, 2.45) is 5.73 Å². The molecule has 1 aromatic carbocycles. The minimum absolute atomic E-state index is 0.00728. The molecule has 0 saturated carbocycles. The summed E-state index contributed by atoms with van der Waals surface area (Å²) < 4.78 is 1.88. The molecule has 0 bridgehead atoms. The zero-order valence-corrected chi connectivity index (χ0v) is 21.1.